The molecule has 2 saturated heterocycles. The van der Waals surface area contributed by atoms with Gasteiger partial charge in [0.05, 0.1) is 4.92 Å². The summed E-state index contributed by atoms with van der Waals surface area (Å²) in [7, 11) is 0. The third-order valence-electron chi connectivity index (χ3n) is 7.93. The topological polar surface area (TPSA) is 78.7 Å². The molecule has 2 aromatic carbocycles. The summed E-state index contributed by atoms with van der Waals surface area (Å²) in [6, 6.07) is 11.7. The smallest absolute Gasteiger partial charge is 0.382 e. The number of anilines is 1. The molecule has 2 heterocycles. The molecule has 0 unspecified atom stereocenters. The first-order chi connectivity index (χ1) is 18.6. The van der Waals surface area contributed by atoms with Gasteiger partial charge in [0.1, 0.15) is 5.56 Å². The number of alkyl halides is 3. The lowest BCUT2D eigenvalue weighted by Gasteiger charge is -2.34. The van der Waals surface area contributed by atoms with Gasteiger partial charge in [-0.15, -0.1) is 0 Å². The molecule has 40 heavy (non-hydrogen) atoms. The van der Waals surface area contributed by atoms with Gasteiger partial charge in [-0.05, 0) is 88.7 Å². The van der Waals surface area contributed by atoms with Crippen molar-refractivity contribution in [3.8, 4) is 0 Å². The van der Waals surface area contributed by atoms with Crippen molar-refractivity contribution < 1.29 is 22.9 Å². The van der Waals surface area contributed by atoms with Crippen molar-refractivity contribution in [2.45, 2.75) is 71.5 Å². The highest BCUT2D eigenvalue weighted by atomic mass is 19.4. The minimum atomic E-state index is -4.81. The molecule has 7 nitrogen and oxygen atoms in total. The van der Waals surface area contributed by atoms with E-state index in [4.69, 9.17) is 0 Å². The number of carbonyl (C=O) groups excluding carboxylic acids is 1. The summed E-state index contributed by atoms with van der Waals surface area (Å²) in [4.78, 5) is 27.0. The van der Waals surface area contributed by atoms with Crippen LogP contribution in [-0.4, -0.2) is 59.4 Å². The van der Waals surface area contributed by atoms with Crippen LogP contribution in [0.2, 0.25) is 0 Å². The summed E-state index contributed by atoms with van der Waals surface area (Å²) >= 11 is 0. The number of carbonyl (C=O) groups is 1. The molecule has 4 rings (SSSR count). The van der Waals surface area contributed by atoms with Gasteiger partial charge in [-0.3, -0.25) is 14.9 Å². The molecule has 0 spiro atoms. The van der Waals surface area contributed by atoms with Crippen LogP contribution in [-0.2, 0) is 17.4 Å². The summed E-state index contributed by atoms with van der Waals surface area (Å²) < 4.78 is 39.8. The number of amides is 1. The summed E-state index contributed by atoms with van der Waals surface area (Å²) in [5, 5.41) is 14.0. The van der Waals surface area contributed by atoms with Gasteiger partial charge < -0.3 is 15.1 Å². The molecule has 1 amide bonds. The van der Waals surface area contributed by atoms with E-state index < -0.39 is 22.4 Å². The lowest BCUT2D eigenvalue weighted by atomic mass is 9.90. The Labute approximate surface area is 234 Å². The normalized spacial score (nSPS) is 17.4. The molecule has 0 saturated carbocycles. The number of piperidine rings is 2. The van der Waals surface area contributed by atoms with E-state index in [9.17, 15) is 28.1 Å². The van der Waals surface area contributed by atoms with E-state index >= 15 is 0 Å². The first-order valence-corrected chi connectivity index (χ1v) is 13.8. The van der Waals surface area contributed by atoms with Crippen LogP contribution in [0.4, 0.5) is 24.5 Å². The van der Waals surface area contributed by atoms with Crippen LogP contribution in [0.1, 0.15) is 62.6 Å². The fourth-order valence-corrected chi connectivity index (χ4v) is 5.60. The van der Waals surface area contributed by atoms with Gasteiger partial charge in [0.2, 0.25) is 5.91 Å². The van der Waals surface area contributed by atoms with Crippen molar-refractivity contribution in [3.05, 3.63) is 69.3 Å². The molecule has 0 bridgehead atoms. The molecule has 0 radical (unpaired) electrons. The van der Waals surface area contributed by atoms with Crippen LogP contribution >= 0.6 is 0 Å². The predicted molar refractivity (Wildman–Crippen MR) is 151 cm³/mol. The van der Waals surface area contributed by atoms with Crippen LogP contribution in [0.3, 0.4) is 0 Å². The zero-order chi connectivity index (χ0) is 28.0. The molecule has 2 aliphatic heterocycles. The first-order valence-electron chi connectivity index (χ1n) is 13.8. The second kappa shape index (κ2) is 14.0. The lowest BCUT2D eigenvalue weighted by molar-refractivity contribution is -0.388. The average Bonchev–Trinajstić information content (AvgIpc) is 2.91. The summed E-state index contributed by atoms with van der Waals surface area (Å²) in [6.07, 6.45) is 1.22. The largest absolute Gasteiger partial charge is 0.423 e. The number of nitro benzene ring substituents is 1. The fourth-order valence-electron chi connectivity index (χ4n) is 5.60. The molecule has 2 fully saturated rings. The van der Waals surface area contributed by atoms with Crippen LogP contribution in [0.15, 0.2) is 42.5 Å². The number of nitrogens with one attached hydrogen (secondary N) is 1. The fraction of sp³-hybridized carbons (Fsp3) is 0.567. The van der Waals surface area contributed by atoms with E-state index in [1.54, 1.807) is 0 Å². The highest BCUT2D eigenvalue weighted by Gasteiger charge is 2.38. The molecule has 2 aliphatic rings. The minimum Gasteiger partial charge on any atom is -0.382 e. The van der Waals surface area contributed by atoms with Gasteiger partial charge >= 0.3 is 6.18 Å². The Kier molecular flexibility index (Phi) is 11.0. The van der Waals surface area contributed by atoms with E-state index in [1.165, 1.54) is 30.0 Å². The molecule has 1 N–H and O–H groups in total. The third-order valence-corrected chi connectivity index (χ3v) is 7.93. The van der Waals surface area contributed by atoms with Gasteiger partial charge in [-0.1, -0.05) is 37.3 Å². The highest BCUT2D eigenvalue weighted by molar-refractivity contribution is 5.76. The van der Waals surface area contributed by atoms with Gasteiger partial charge in [0.25, 0.3) is 5.69 Å². The van der Waals surface area contributed by atoms with Crippen LogP contribution in [0.5, 0.6) is 0 Å². The van der Waals surface area contributed by atoms with E-state index in [-0.39, 0.29) is 25.1 Å². The molecule has 220 valence electrons. The quantitative estimate of drug-likeness (QED) is 0.272. The monoisotopic (exact) mass is 562 g/mol. The van der Waals surface area contributed by atoms with Crippen molar-refractivity contribution in [2.24, 2.45) is 5.92 Å². The number of nitrogens with zero attached hydrogens (tertiary/aromatic N) is 3. The first kappa shape index (κ1) is 31.4. The SMILES string of the molecule is C.Cc1ccc(CC2CCN(CCCC(=O)N3CCC(Nc4ccc([N+](=O)[O-])c(C(F)(F)F)c4)CC3)CC2)cc1. The number of rotatable bonds is 9. The van der Waals surface area contributed by atoms with Gasteiger partial charge in [0, 0.05) is 37.3 Å². The molecular formula is C30H41F3N4O3. The maximum atomic E-state index is 13.3. The number of halogens is 3. The van der Waals surface area contributed by atoms with Crippen LogP contribution in [0, 0.1) is 23.0 Å². The number of aryl methyl sites for hydroxylation is 1. The highest BCUT2D eigenvalue weighted by Crippen LogP contribution is 2.38. The Morgan fingerprint density at radius 3 is 2.27 bits per heavy atom. The van der Waals surface area contributed by atoms with Crippen molar-refractivity contribution in [1.29, 1.82) is 0 Å². The predicted octanol–water partition coefficient (Wildman–Crippen LogP) is 6.70. The molecule has 0 aliphatic carbocycles. The van der Waals surface area contributed by atoms with Gasteiger partial charge in [-0.2, -0.15) is 13.2 Å². The Morgan fingerprint density at radius 2 is 1.68 bits per heavy atom. The Hall–Kier alpha value is -3.14. The molecular weight excluding hydrogens is 521 g/mol. The van der Waals surface area contributed by atoms with E-state index in [0.717, 1.165) is 44.6 Å². The van der Waals surface area contributed by atoms with E-state index in [2.05, 4.69) is 41.4 Å². The Balaban J connectivity index is 0.00000441. The van der Waals surface area contributed by atoms with Crippen LogP contribution in [0.25, 0.3) is 0 Å². The maximum absolute atomic E-state index is 13.3. The molecule has 10 heteroatoms. The van der Waals surface area contributed by atoms with Gasteiger partial charge in [-0.25, -0.2) is 0 Å². The molecule has 0 atom stereocenters. The summed E-state index contributed by atoms with van der Waals surface area (Å²) in [5.74, 6) is 0.837. The number of benzene rings is 2. The maximum Gasteiger partial charge on any atom is 0.423 e. The Bertz CT molecular complexity index is 1120. The van der Waals surface area contributed by atoms with Crippen LogP contribution < -0.4 is 5.32 Å². The Morgan fingerprint density at radius 1 is 1.02 bits per heavy atom. The number of hydrogen-bond donors (Lipinski definition) is 1. The van der Waals surface area contributed by atoms with E-state index in [1.807, 2.05) is 4.90 Å². The molecule has 2 aromatic rings. The number of hydrogen-bond acceptors (Lipinski definition) is 5. The van der Waals surface area contributed by atoms with Gasteiger partial charge in [0.15, 0.2) is 0 Å². The zero-order valence-corrected chi connectivity index (χ0v) is 22.4. The second-order valence-corrected chi connectivity index (χ2v) is 10.9. The van der Waals surface area contributed by atoms with E-state index in [0.29, 0.717) is 38.3 Å². The average molecular weight is 563 g/mol. The minimum absolute atomic E-state index is 0. The summed E-state index contributed by atoms with van der Waals surface area (Å²) in [5.41, 5.74) is 0.665. The molecule has 0 aromatic heterocycles. The lowest BCUT2D eigenvalue weighted by Crippen LogP contribution is -2.42. The zero-order valence-electron chi connectivity index (χ0n) is 22.4. The second-order valence-electron chi connectivity index (χ2n) is 10.9. The summed E-state index contributed by atoms with van der Waals surface area (Å²) in [6.45, 7) is 6.25. The number of nitro groups is 1. The standard InChI is InChI=1S/C29H37F3N4O3.CH4/c1-21-4-6-22(7-5-21)19-23-10-15-34(16-11-23)14-2-3-28(37)35-17-12-24(13-18-35)33-25-8-9-27(36(38)39)26(20-25)29(30,31)32;/h4-9,20,23-24,33H,2-3,10-19H2,1H3;1H4. The third kappa shape index (κ3) is 8.68. The number of likely N-dealkylation sites (tertiary alicyclic amines) is 2. The van der Waals surface area contributed by atoms with Crippen molar-refractivity contribution in [2.75, 3.05) is 38.0 Å². The van der Waals surface area contributed by atoms with Crippen molar-refractivity contribution in [1.82, 2.24) is 9.80 Å². The van der Waals surface area contributed by atoms with Crippen molar-refractivity contribution in [3.63, 3.8) is 0 Å². The van der Waals surface area contributed by atoms with Crippen molar-refractivity contribution >= 4 is 17.3 Å².